The number of phenolic OH excluding ortho intramolecular Hbond substituents is 1. The van der Waals surface area contributed by atoms with E-state index in [-0.39, 0.29) is 5.75 Å². The van der Waals surface area contributed by atoms with E-state index >= 15 is 0 Å². The molecule has 0 radical (unpaired) electrons. The second-order valence-corrected chi connectivity index (χ2v) is 5.29. The highest BCUT2D eigenvalue weighted by Crippen LogP contribution is 2.34. The first kappa shape index (κ1) is 13.7. The molecule has 1 atom stereocenters. The molecule has 0 saturated carbocycles. The summed E-state index contributed by atoms with van der Waals surface area (Å²) < 4.78 is 11.5. The molecule has 0 aliphatic heterocycles. The van der Waals surface area contributed by atoms with Gasteiger partial charge in [0.05, 0.1) is 21.4 Å². The maximum absolute atomic E-state index is 11.5. The van der Waals surface area contributed by atoms with Crippen LogP contribution in [0, 0.1) is 0 Å². The van der Waals surface area contributed by atoms with E-state index in [1.807, 2.05) is 0 Å². The Morgan fingerprint density at radius 1 is 1.53 bits per heavy atom. The first-order chi connectivity index (χ1) is 7.95. The predicted molar refractivity (Wildman–Crippen MR) is 68.6 cm³/mol. The molecule has 1 aromatic rings. The molecule has 0 saturated heterocycles. The molecule has 0 aliphatic rings. The molecule has 0 aromatic heterocycles. The number of carbonyl (C=O) groups is 1. The van der Waals surface area contributed by atoms with Crippen molar-refractivity contribution >= 4 is 34.3 Å². The maximum atomic E-state index is 11.5. The molecule has 0 fully saturated rings. The number of thioether (sulfide) groups is 1. The molecule has 1 aromatic carbocycles. The summed E-state index contributed by atoms with van der Waals surface area (Å²) in [4.78, 5) is 11.7. The van der Waals surface area contributed by atoms with Crippen molar-refractivity contribution in [3.8, 4) is 5.75 Å². The largest absolute Gasteiger partial charge is 0.508 e. The number of hydrogen-bond acceptors (Lipinski definition) is 5. The van der Waals surface area contributed by atoms with E-state index in [1.54, 1.807) is 6.26 Å². The lowest BCUT2D eigenvalue weighted by Gasteiger charge is -2.14. The number of benzene rings is 1. The van der Waals surface area contributed by atoms with Crippen molar-refractivity contribution in [2.24, 2.45) is 5.73 Å². The minimum atomic E-state index is -1.31. The van der Waals surface area contributed by atoms with E-state index in [0.717, 1.165) is 0 Å². The van der Waals surface area contributed by atoms with Crippen LogP contribution in [-0.4, -0.2) is 27.9 Å². The number of hydrogen-bond donors (Lipinski definition) is 4. The van der Waals surface area contributed by atoms with Crippen LogP contribution in [0.1, 0.15) is 0 Å². The zero-order valence-corrected chi connectivity index (χ0v) is 10.9. The van der Waals surface area contributed by atoms with Gasteiger partial charge in [0.15, 0.2) is 0 Å². The summed E-state index contributed by atoms with van der Waals surface area (Å²) in [6.07, 6.45) is 3.28. The lowest BCUT2D eigenvalue weighted by Crippen LogP contribution is -2.34. The minimum Gasteiger partial charge on any atom is -0.508 e. The summed E-state index contributed by atoms with van der Waals surface area (Å²) in [7, 11) is -1.31. The van der Waals surface area contributed by atoms with Gasteiger partial charge in [0, 0.05) is 11.2 Å². The molecule has 8 heteroatoms. The van der Waals surface area contributed by atoms with Crippen LogP contribution in [-0.2, 0) is 10.8 Å². The zero-order chi connectivity index (χ0) is 13.0. The number of amides is 2. The van der Waals surface area contributed by atoms with Crippen molar-refractivity contribution in [1.82, 2.24) is 5.43 Å². The molecule has 17 heavy (non-hydrogen) atoms. The molecule has 0 bridgehead atoms. The standard InChI is InChI=1S/C9H13N3O3S2/c1-16-6-3-5(13)4-7(17(2)15)8(6)11-12-9(10)14/h3-4,11,13H,1-2H3,(H3,10,12,14)/t17-/m0/s1. The first-order valence-electron chi connectivity index (χ1n) is 4.51. The van der Waals surface area contributed by atoms with Crippen LogP contribution in [0.4, 0.5) is 10.5 Å². The number of rotatable bonds is 4. The van der Waals surface area contributed by atoms with Gasteiger partial charge < -0.3 is 10.8 Å². The van der Waals surface area contributed by atoms with E-state index in [2.05, 4.69) is 10.9 Å². The molecular formula is C9H13N3O3S2. The monoisotopic (exact) mass is 275 g/mol. The average Bonchev–Trinajstić information content (AvgIpc) is 2.25. The van der Waals surface area contributed by atoms with E-state index in [4.69, 9.17) is 5.73 Å². The number of carbonyl (C=O) groups excluding carboxylic acids is 1. The number of anilines is 1. The molecule has 94 valence electrons. The Morgan fingerprint density at radius 3 is 2.65 bits per heavy atom. The van der Waals surface area contributed by atoms with Crippen molar-refractivity contribution in [2.45, 2.75) is 9.79 Å². The number of urea groups is 1. The number of phenols is 1. The fourth-order valence-electron chi connectivity index (χ4n) is 1.21. The summed E-state index contributed by atoms with van der Waals surface area (Å²) in [6, 6.07) is 2.13. The van der Waals surface area contributed by atoms with E-state index in [9.17, 15) is 14.1 Å². The Kier molecular flexibility index (Phi) is 4.64. The Hall–Kier alpha value is -1.41. The summed E-state index contributed by atoms with van der Waals surface area (Å²) in [5.41, 5.74) is 10.2. The van der Waals surface area contributed by atoms with Gasteiger partial charge in [0.25, 0.3) is 0 Å². The van der Waals surface area contributed by atoms with Crippen LogP contribution in [0.2, 0.25) is 0 Å². The summed E-state index contributed by atoms with van der Waals surface area (Å²) >= 11 is 1.34. The number of nitrogens with one attached hydrogen (secondary N) is 2. The predicted octanol–water partition coefficient (Wildman–Crippen LogP) is 0.847. The number of hydrazine groups is 1. The number of primary amides is 1. The molecule has 6 nitrogen and oxygen atoms in total. The van der Waals surface area contributed by atoms with Crippen LogP contribution >= 0.6 is 11.8 Å². The molecule has 0 spiro atoms. The second kappa shape index (κ2) is 5.78. The van der Waals surface area contributed by atoms with Gasteiger partial charge in [-0.05, 0) is 18.4 Å². The van der Waals surface area contributed by atoms with Crippen molar-refractivity contribution in [3.63, 3.8) is 0 Å². The van der Waals surface area contributed by atoms with E-state index in [1.165, 1.54) is 30.2 Å². The smallest absolute Gasteiger partial charge is 0.330 e. The highest BCUT2D eigenvalue weighted by Gasteiger charge is 2.13. The summed E-state index contributed by atoms with van der Waals surface area (Å²) in [5, 5.41) is 9.49. The Labute approximate surface area is 105 Å². The van der Waals surface area contributed by atoms with Gasteiger partial charge in [-0.1, -0.05) is 0 Å². The Balaban J connectivity index is 3.21. The van der Waals surface area contributed by atoms with E-state index in [0.29, 0.717) is 15.5 Å². The van der Waals surface area contributed by atoms with Crippen molar-refractivity contribution < 1.29 is 14.1 Å². The molecular weight excluding hydrogens is 262 g/mol. The summed E-state index contributed by atoms with van der Waals surface area (Å²) in [5.74, 6) is 0.0178. The number of nitrogens with two attached hydrogens (primary N) is 1. The molecule has 0 heterocycles. The number of aromatic hydroxyl groups is 1. The average molecular weight is 275 g/mol. The molecule has 1 rings (SSSR count). The highest BCUT2D eigenvalue weighted by atomic mass is 32.2. The lowest BCUT2D eigenvalue weighted by atomic mass is 10.3. The van der Waals surface area contributed by atoms with Crippen LogP contribution < -0.4 is 16.6 Å². The van der Waals surface area contributed by atoms with Gasteiger partial charge in [0.1, 0.15) is 5.75 Å². The quantitative estimate of drug-likeness (QED) is 0.370. The van der Waals surface area contributed by atoms with Crippen LogP contribution in [0.5, 0.6) is 5.75 Å². The topological polar surface area (TPSA) is 104 Å². The van der Waals surface area contributed by atoms with Crippen LogP contribution in [0.3, 0.4) is 0 Å². The fraction of sp³-hybridized carbons (Fsp3) is 0.222. The third kappa shape index (κ3) is 3.53. The molecule has 0 unspecified atom stereocenters. The fourth-order valence-corrected chi connectivity index (χ4v) is 2.61. The SMILES string of the molecule is CSc1cc(O)cc([S@](C)=O)c1NNC(N)=O. The van der Waals surface area contributed by atoms with Gasteiger partial charge in [-0.25, -0.2) is 4.79 Å². The normalized spacial score (nSPS) is 11.9. The van der Waals surface area contributed by atoms with Crippen LogP contribution in [0.15, 0.2) is 21.9 Å². The first-order valence-corrected chi connectivity index (χ1v) is 7.30. The van der Waals surface area contributed by atoms with Gasteiger partial charge in [0.2, 0.25) is 0 Å². The van der Waals surface area contributed by atoms with Gasteiger partial charge in [-0.15, -0.1) is 11.8 Å². The summed E-state index contributed by atoms with van der Waals surface area (Å²) in [6.45, 7) is 0. The van der Waals surface area contributed by atoms with E-state index < -0.39 is 16.8 Å². The lowest BCUT2D eigenvalue weighted by molar-refractivity contribution is 0.250. The minimum absolute atomic E-state index is 0.0178. The maximum Gasteiger partial charge on any atom is 0.330 e. The molecule has 5 N–H and O–H groups in total. The molecule has 2 amide bonds. The van der Waals surface area contributed by atoms with Gasteiger partial charge >= 0.3 is 6.03 Å². The van der Waals surface area contributed by atoms with Crippen molar-refractivity contribution in [1.29, 1.82) is 0 Å². The zero-order valence-electron chi connectivity index (χ0n) is 9.31. The highest BCUT2D eigenvalue weighted by molar-refractivity contribution is 7.98. The Bertz CT molecular complexity index is 465. The third-order valence-corrected chi connectivity index (χ3v) is 3.59. The van der Waals surface area contributed by atoms with Crippen molar-refractivity contribution in [2.75, 3.05) is 17.9 Å². The van der Waals surface area contributed by atoms with Crippen LogP contribution in [0.25, 0.3) is 0 Å². The Morgan fingerprint density at radius 2 is 2.18 bits per heavy atom. The third-order valence-electron chi connectivity index (χ3n) is 1.89. The van der Waals surface area contributed by atoms with Gasteiger partial charge in [-0.2, -0.15) is 0 Å². The van der Waals surface area contributed by atoms with Crippen molar-refractivity contribution in [3.05, 3.63) is 12.1 Å². The molecule has 0 aliphatic carbocycles. The van der Waals surface area contributed by atoms with Gasteiger partial charge in [-0.3, -0.25) is 15.1 Å². The second-order valence-electron chi connectivity index (χ2n) is 3.09.